The van der Waals surface area contributed by atoms with Crippen molar-refractivity contribution in [2.75, 3.05) is 0 Å². The molecule has 3 heteroatoms. The van der Waals surface area contributed by atoms with Crippen molar-refractivity contribution >= 4 is 15.9 Å². The average Bonchev–Trinajstić information content (AvgIpc) is 1.87. The summed E-state index contributed by atoms with van der Waals surface area (Å²) in [7, 11) is 0. The Balaban J connectivity index is 3.04. The van der Waals surface area contributed by atoms with Gasteiger partial charge in [0, 0.05) is 12.3 Å². The van der Waals surface area contributed by atoms with E-state index in [2.05, 4.69) is 20.9 Å². The third-order valence-corrected chi connectivity index (χ3v) is 1.09. The van der Waals surface area contributed by atoms with Crippen molar-refractivity contribution in [1.82, 2.24) is 4.98 Å². The van der Waals surface area contributed by atoms with Crippen LogP contribution in [0.15, 0.2) is 16.9 Å². The summed E-state index contributed by atoms with van der Waals surface area (Å²) in [6.07, 6.45) is 1.50. The van der Waals surface area contributed by atoms with Gasteiger partial charge in [0.2, 0.25) is 0 Å². The lowest BCUT2D eigenvalue weighted by Crippen LogP contribution is -1.50. The molecule has 2 N–H and O–H groups in total. The molecular weight excluding hydrogens is 158 g/mol. The highest BCUT2D eigenvalue weighted by Crippen LogP contribution is 2.13. The molecule has 0 aliphatic rings. The highest BCUT2D eigenvalue weighted by Gasteiger charge is 1.87. The molecule has 0 unspecified atom stereocenters. The second-order valence-electron chi connectivity index (χ2n) is 1.21. The molecule has 0 aliphatic heterocycles. The van der Waals surface area contributed by atoms with Crippen LogP contribution in [0.3, 0.4) is 0 Å². The molecule has 0 atom stereocenters. The molecule has 1 aromatic heterocycles. The van der Waals surface area contributed by atoms with Crippen LogP contribution in [0.2, 0.25) is 0 Å². The number of aromatic hydroxyl groups is 1. The zero-order valence-electron chi connectivity index (χ0n) is 3.48. The zero-order valence-corrected chi connectivity index (χ0v) is 5.07. The lowest BCUT2D eigenvalue weighted by Gasteiger charge is -1.69. The minimum Gasteiger partial charge on any atom is -0.506 e. The van der Waals surface area contributed by atoms with Crippen LogP contribution in [0.5, 0.6) is 5.75 Å². The van der Waals surface area contributed by atoms with Gasteiger partial charge in [-0.3, -0.25) is 0 Å². The van der Waals surface area contributed by atoms with Crippen LogP contribution in [0.4, 0.5) is 0 Å². The Hall–Kier alpha value is -0.440. The van der Waals surface area contributed by atoms with E-state index >= 15 is 0 Å². The van der Waals surface area contributed by atoms with E-state index in [1.807, 2.05) is 0 Å². The maximum absolute atomic E-state index is 8.59. The zero-order chi connectivity index (χ0) is 5.28. The number of rotatable bonds is 0. The summed E-state index contributed by atoms with van der Waals surface area (Å²) in [5.74, 6) is 0.256. The Morgan fingerprint density at radius 1 is 1.71 bits per heavy atom. The average molecular weight is 162 g/mol. The van der Waals surface area contributed by atoms with Crippen LogP contribution < -0.4 is 0 Å². The summed E-state index contributed by atoms with van der Waals surface area (Å²) in [6.45, 7) is 0. The van der Waals surface area contributed by atoms with Gasteiger partial charge >= 0.3 is 0 Å². The summed E-state index contributed by atoms with van der Waals surface area (Å²) in [5.41, 5.74) is 0. The maximum atomic E-state index is 8.59. The fourth-order valence-corrected chi connectivity index (χ4v) is 0.705. The van der Waals surface area contributed by atoms with E-state index in [-0.39, 0.29) is 5.75 Å². The SMILES string of the molecule is Oc1c[nH]c(Br)c1. The lowest BCUT2D eigenvalue weighted by molar-refractivity contribution is 0.476. The number of hydrogen-bond donors (Lipinski definition) is 2. The minimum absolute atomic E-state index is 0.256. The van der Waals surface area contributed by atoms with Gasteiger partial charge in [0.1, 0.15) is 5.75 Å². The van der Waals surface area contributed by atoms with Crippen molar-refractivity contribution in [3.05, 3.63) is 16.9 Å². The predicted octanol–water partition coefficient (Wildman–Crippen LogP) is 1.48. The molecule has 0 bridgehead atoms. The van der Waals surface area contributed by atoms with E-state index in [1.54, 1.807) is 6.07 Å². The molecule has 0 amide bonds. The summed E-state index contributed by atoms with van der Waals surface area (Å²) in [6, 6.07) is 1.58. The number of halogens is 1. The summed E-state index contributed by atoms with van der Waals surface area (Å²) >= 11 is 3.12. The van der Waals surface area contributed by atoms with Crippen molar-refractivity contribution in [3.63, 3.8) is 0 Å². The molecule has 0 aliphatic carbocycles. The van der Waals surface area contributed by atoms with Gasteiger partial charge in [0.05, 0.1) is 4.60 Å². The molecule has 0 spiro atoms. The third-order valence-electron chi connectivity index (χ3n) is 0.633. The number of aromatic nitrogens is 1. The Morgan fingerprint density at radius 2 is 2.43 bits per heavy atom. The molecule has 0 saturated carbocycles. The second-order valence-corrected chi connectivity index (χ2v) is 2.06. The molecule has 38 valence electrons. The fourth-order valence-electron chi connectivity index (χ4n) is 0.356. The molecule has 2 nitrogen and oxygen atoms in total. The number of aromatic amines is 1. The molecular formula is C4H4BrNO. The smallest absolute Gasteiger partial charge is 0.134 e. The molecule has 0 aromatic carbocycles. The third kappa shape index (κ3) is 0.962. The van der Waals surface area contributed by atoms with Gasteiger partial charge in [-0.25, -0.2) is 0 Å². The molecule has 1 rings (SSSR count). The summed E-state index contributed by atoms with van der Waals surface area (Å²) in [4.78, 5) is 2.73. The first-order chi connectivity index (χ1) is 3.29. The van der Waals surface area contributed by atoms with Crippen LogP contribution in [-0.4, -0.2) is 10.1 Å². The summed E-state index contributed by atoms with van der Waals surface area (Å²) < 4.78 is 0.796. The molecule has 0 fully saturated rings. The fraction of sp³-hybridized carbons (Fsp3) is 0. The first kappa shape index (κ1) is 4.71. The van der Waals surface area contributed by atoms with Gasteiger partial charge in [-0.05, 0) is 15.9 Å². The van der Waals surface area contributed by atoms with Gasteiger partial charge in [0.25, 0.3) is 0 Å². The Morgan fingerprint density at radius 3 is 2.57 bits per heavy atom. The van der Waals surface area contributed by atoms with Crippen molar-refractivity contribution < 1.29 is 5.11 Å². The Bertz CT molecular complexity index is 144. The highest BCUT2D eigenvalue weighted by molar-refractivity contribution is 9.10. The van der Waals surface area contributed by atoms with E-state index in [0.717, 1.165) is 4.60 Å². The van der Waals surface area contributed by atoms with Gasteiger partial charge in [-0.2, -0.15) is 0 Å². The highest BCUT2D eigenvalue weighted by atomic mass is 79.9. The minimum atomic E-state index is 0.256. The molecule has 0 radical (unpaired) electrons. The quantitative estimate of drug-likeness (QED) is 0.595. The van der Waals surface area contributed by atoms with E-state index in [9.17, 15) is 0 Å². The van der Waals surface area contributed by atoms with Crippen LogP contribution in [0, 0.1) is 0 Å². The molecule has 1 heterocycles. The van der Waals surface area contributed by atoms with E-state index in [4.69, 9.17) is 5.11 Å². The maximum Gasteiger partial charge on any atom is 0.134 e. The van der Waals surface area contributed by atoms with E-state index in [0.29, 0.717) is 0 Å². The van der Waals surface area contributed by atoms with Crippen LogP contribution in [0.1, 0.15) is 0 Å². The predicted molar refractivity (Wildman–Crippen MR) is 30.2 cm³/mol. The first-order valence-corrected chi connectivity index (χ1v) is 2.61. The van der Waals surface area contributed by atoms with Crippen LogP contribution >= 0.6 is 15.9 Å². The van der Waals surface area contributed by atoms with E-state index in [1.165, 1.54) is 6.20 Å². The van der Waals surface area contributed by atoms with Gasteiger partial charge in [0.15, 0.2) is 0 Å². The normalized spacial score (nSPS) is 9.29. The Labute approximate surface area is 49.3 Å². The van der Waals surface area contributed by atoms with Crippen molar-refractivity contribution in [3.8, 4) is 5.75 Å². The van der Waals surface area contributed by atoms with Gasteiger partial charge < -0.3 is 10.1 Å². The van der Waals surface area contributed by atoms with Crippen LogP contribution in [0.25, 0.3) is 0 Å². The number of hydrogen-bond acceptors (Lipinski definition) is 1. The van der Waals surface area contributed by atoms with Crippen molar-refractivity contribution in [2.45, 2.75) is 0 Å². The largest absolute Gasteiger partial charge is 0.506 e. The monoisotopic (exact) mass is 161 g/mol. The number of nitrogens with one attached hydrogen (secondary N) is 1. The second kappa shape index (κ2) is 1.58. The lowest BCUT2D eigenvalue weighted by atomic mass is 10.6. The van der Waals surface area contributed by atoms with Crippen molar-refractivity contribution in [1.29, 1.82) is 0 Å². The van der Waals surface area contributed by atoms with E-state index < -0.39 is 0 Å². The van der Waals surface area contributed by atoms with Gasteiger partial charge in [-0.15, -0.1) is 0 Å². The summed E-state index contributed by atoms with van der Waals surface area (Å²) in [5, 5.41) is 8.59. The Kier molecular flexibility index (Phi) is 1.06. The molecule has 0 saturated heterocycles. The van der Waals surface area contributed by atoms with Gasteiger partial charge in [-0.1, -0.05) is 0 Å². The first-order valence-electron chi connectivity index (χ1n) is 1.82. The van der Waals surface area contributed by atoms with Crippen LogP contribution in [-0.2, 0) is 0 Å². The number of H-pyrrole nitrogens is 1. The van der Waals surface area contributed by atoms with Crippen molar-refractivity contribution in [2.24, 2.45) is 0 Å². The molecule has 1 aromatic rings. The molecule has 7 heavy (non-hydrogen) atoms. The standard InChI is InChI=1S/C4H4BrNO/c5-4-1-3(7)2-6-4/h1-2,6-7H. The topological polar surface area (TPSA) is 36.0 Å².